The van der Waals surface area contributed by atoms with Crippen LogP contribution in [0.4, 0.5) is 0 Å². The van der Waals surface area contributed by atoms with E-state index in [-0.39, 0.29) is 0 Å². The number of hydrogen-bond donors (Lipinski definition) is 0. The van der Waals surface area contributed by atoms with Crippen LogP contribution in [0.3, 0.4) is 0 Å². The molecule has 60 heavy (non-hydrogen) atoms. The van der Waals surface area contributed by atoms with E-state index in [9.17, 15) is 0 Å². The number of rotatable bonds is 3. The average Bonchev–Trinajstić information content (AvgIpc) is 3.85. The highest BCUT2D eigenvalue weighted by molar-refractivity contribution is 6.15. The van der Waals surface area contributed by atoms with Crippen molar-refractivity contribution in [2.24, 2.45) is 0 Å². The van der Waals surface area contributed by atoms with Crippen LogP contribution in [-0.2, 0) is 0 Å². The van der Waals surface area contributed by atoms with Crippen LogP contribution in [0.1, 0.15) is 0 Å². The fraction of sp³-hybridized carbons (Fsp3) is 0. The molecule has 0 fully saturated rings. The summed E-state index contributed by atoms with van der Waals surface area (Å²) in [4.78, 5) is 0. The normalized spacial score (nSPS) is 12.0. The first-order valence-electron chi connectivity index (χ1n) is 20.5. The van der Waals surface area contributed by atoms with E-state index in [1.807, 2.05) is 0 Å². The Labute approximate surface area is 344 Å². The molecule has 0 aliphatic rings. The van der Waals surface area contributed by atoms with Gasteiger partial charge in [0.05, 0.1) is 28.1 Å². The summed E-state index contributed by atoms with van der Waals surface area (Å²) in [5, 5.41) is 11.7. The summed E-state index contributed by atoms with van der Waals surface area (Å²) in [5.74, 6) is 0. The summed E-state index contributed by atoms with van der Waals surface area (Å²) < 4.78 is 13.9. The molecule has 0 radical (unpaired) electrons. The highest BCUT2D eigenvalue weighted by atomic mass is 16.3. The molecular weight excluding hydrogens is 731 g/mol. The molecule has 4 heteroatoms. The van der Waals surface area contributed by atoms with Crippen LogP contribution in [0.25, 0.3) is 115 Å². The maximum absolute atomic E-state index is 6.60. The Kier molecular flexibility index (Phi) is 6.98. The molecule has 0 unspecified atom stereocenters. The van der Waals surface area contributed by atoms with Gasteiger partial charge in [0.2, 0.25) is 0 Å². The van der Waals surface area contributed by atoms with Gasteiger partial charge < -0.3 is 18.1 Å². The standard InChI is InChI=1S/C56H35N3O/c1-3-20-44-36(12-1)14-9-24-49(44)57-40-18-7-16-38(32-40)39-17-8-19-41(33-39)58(43-29-31-55-48(35-43)47-34-42(57)28-30-54(47)60-55)52-26-11-27-53-56(52)46-22-5-6-23-51(46)59(53)50-25-10-15-37-13-2-4-21-45(37)50/h1-35H. The molecule has 4 nitrogen and oxygen atoms in total. The first kappa shape index (κ1) is 32.9. The maximum Gasteiger partial charge on any atom is 0.135 e. The Hall–Kier alpha value is -8.08. The molecule has 0 saturated heterocycles. The minimum Gasteiger partial charge on any atom is -0.456 e. The van der Waals surface area contributed by atoms with Crippen LogP contribution in [0, 0.1) is 0 Å². The van der Waals surface area contributed by atoms with E-state index in [1.165, 1.54) is 43.5 Å². The zero-order chi connectivity index (χ0) is 39.3. The molecule has 0 amide bonds. The maximum atomic E-state index is 6.60. The summed E-state index contributed by atoms with van der Waals surface area (Å²) in [5.41, 5.74) is 11.7. The van der Waals surface area contributed by atoms with Gasteiger partial charge in [-0.05, 0) is 113 Å². The van der Waals surface area contributed by atoms with Crippen molar-refractivity contribution in [3.8, 4) is 17.1 Å². The van der Waals surface area contributed by atoms with Crippen LogP contribution in [0.2, 0.25) is 0 Å². The second-order valence-electron chi connectivity index (χ2n) is 15.8. The van der Waals surface area contributed by atoms with Gasteiger partial charge in [-0.15, -0.1) is 0 Å². The lowest BCUT2D eigenvalue weighted by Crippen LogP contribution is -1.99. The minimum atomic E-state index is 0.858. The number of para-hydroxylation sites is 1. The number of fused-ring (bicyclic) bond motifs is 12. The Balaban J connectivity index is 1.19. The zero-order valence-corrected chi connectivity index (χ0v) is 32.5. The predicted octanol–water partition coefficient (Wildman–Crippen LogP) is 15.2. The van der Waals surface area contributed by atoms with Gasteiger partial charge in [0.25, 0.3) is 0 Å². The largest absolute Gasteiger partial charge is 0.456 e. The Morgan fingerprint density at radius 3 is 1.33 bits per heavy atom. The van der Waals surface area contributed by atoms with Gasteiger partial charge in [0, 0.05) is 54.4 Å². The van der Waals surface area contributed by atoms with Crippen LogP contribution >= 0.6 is 0 Å². The van der Waals surface area contributed by atoms with Crippen molar-refractivity contribution in [2.75, 3.05) is 0 Å². The van der Waals surface area contributed by atoms with Crippen LogP contribution in [0.15, 0.2) is 217 Å². The average molecular weight is 766 g/mol. The molecule has 3 aromatic heterocycles. The van der Waals surface area contributed by atoms with Crippen molar-refractivity contribution in [3.05, 3.63) is 212 Å². The first-order valence-corrected chi connectivity index (χ1v) is 20.5. The highest BCUT2D eigenvalue weighted by Crippen LogP contribution is 2.40. The number of furan rings is 1. The van der Waals surface area contributed by atoms with Gasteiger partial charge in [0.15, 0.2) is 0 Å². The van der Waals surface area contributed by atoms with Gasteiger partial charge in [-0.1, -0.05) is 121 Å². The molecule has 0 aliphatic heterocycles. The van der Waals surface area contributed by atoms with Gasteiger partial charge in [-0.25, -0.2) is 0 Å². The van der Waals surface area contributed by atoms with Crippen LogP contribution in [-0.4, -0.2) is 13.7 Å². The zero-order valence-electron chi connectivity index (χ0n) is 32.5. The summed E-state index contributed by atoms with van der Waals surface area (Å²) in [6, 6.07) is 77.3. The van der Waals surface area contributed by atoms with Crippen molar-refractivity contribution < 1.29 is 4.42 Å². The lowest BCUT2D eigenvalue weighted by atomic mass is 10.1. The number of benzene rings is 10. The van der Waals surface area contributed by atoms with E-state index in [0.717, 1.165) is 71.7 Å². The fourth-order valence-electron chi connectivity index (χ4n) is 9.79. The molecule has 13 aromatic rings. The van der Waals surface area contributed by atoms with Crippen LogP contribution in [0.5, 0.6) is 0 Å². The van der Waals surface area contributed by atoms with Crippen molar-refractivity contribution in [3.63, 3.8) is 0 Å². The second-order valence-corrected chi connectivity index (χ2v) is 15.8. The molecule has 0 spiro atoms. The van der Waals surface area contributed by atoms with Gasteiger partial charge >= 0.3 is 0 Å². The summed E-state index contributed by atoms with van der Waals surface area (Å²) in [6.45, 7) is 0. The van der Waals surface area contributed by atoms with Crippen LogP contribution < -0.4 is 0 Å². The quantitative estimate of drug-likeness (QED) is 0.176. The molecule has 8 bridgehead atoms. The Bertz CT molecular complexity index is 3960. The van der Waals surface area contributed by atoms with Crippen molar-refractivity contribution in [1.29, 1.82) is 0 Å². The molecule has 0 saturated carbocycles. The molecule has 0 atom stereocenters. The van der Waals surface area contributed by atoms with Crippen molar-refractivity contribution in [1.82, 2.24) is 13.7 Å². The van der Waals surface area contributed by atoms with E-state index in [4.69, 9.17) is 4.42 Å². The Morgan fingerprint density at radius 2 is 0.700 bits per heavy atom. The molecule has 0 N–H and O–H groups in total. The smallest absolute Gasteiger partial charge is 0.135 e. The second kappa shape index (κ2) is 12.7. The lowest BCUT2D eigenvalue weighted by Gasteiger charge is -2.15. The van der Waals surface area contributed by atoms with E-state index in [1.54, 1.807) is 0 Å². The van der Waals surface area contributed by atoms with Gasteiger partial charge in [0.1, 0.15) is 11.2 Å². The van der Waals surface area contributed by atoms with Gasteiger partial charge in [-0.3, -0.25) is 0 Å². The summed E-state index contributed by atoms with van der Waals surface area (Å²) in [7, 11) is 0. The monoisotopic (exact) mass is 765 g/mol. The molecule has 3 heterocycles. The number of hydrogen-bond acceptors (Lipinski definition) is 1. The molecular formula is C56H35N3O. The van der Waals surface area contributed by atoms with E-state index in [2.05, 4.69) is 226 Å². The lowest BCUT2D eigenvalue weighted by molar-refractivity contribution is 0.669. The van der Waals surface area contributed by atoms with E-state index in [0.29, 0.717) is 0 Å². The topological polar surface area (TPSA) is 27.9 Å². The number of nitrogens with zero attached hydrogens (tertiary/aromatic N) is 3. The van der Waals surface area contributed by atoms with Crippen molar-refractivity contribution in [2.45, 2.75) is 0 Å². The first-order chi connectivity index (χ1) is 29.7. The predicted molar refractivity (Wildman–Crippen MR) is 252 cm³/mol. The van der Waals surface area contributed by atoms with Crippen molar-refractivity contribution >= 4 is 98.1 Å². The van der Waals surface area contributed by atoms with E-state index < -0.39 is 0 Å². The van der Waals surface area contributed by atoms with Gasteiger partial charge in [-0.2, -0.15) is 0 Å². The number of aromatic nitrogens is 3. The third kappa shape index (κ3) is 4.85. The third-order valence-corrected chi connectivity index (χ3v) is 12.4. The highest BCUT2D eigenvalue weighted by Gasteiger charge is 2.19. The summed E-state index contributed by atoms with van der Waals surface area (Å²) >= 11 is 0. The fourth-order valence-corrected chi connectivity index (χ4v) is 9.79. The Morgan fingerprint density at radius 1 is 0.267 bits per heavy atom. The summed E-state index contributed by atoms with van der Waals surface area (Å²) in [6.07, 6.45) is 0. The molecule has 0 aliphatic carbocycles. The SMILES string of the molecule is c1ccc2c(-n3c4cccc(c4)c4cccc(c4)n(-c4cccc5c4c4ccccc4n5-c4cccc5ccccc45)c4ccc5oc6ccc3cc6c5c4)cccc2c1. The molecule has 13 rings (SSSR count). The molecule has 280 valence electrons. The van der Waals surface area contributed by atoms with E-state index >= 15 is 0 Å². The minimum absolute atomic E-state index is 0.858. The molecule has 10 aromatic carbocycles. The third-order valence-electron chi connectivity index (χ3n) is 12.4.